The van der Waals surface area contributed by atoms with Crippen molar-refractivity contribution in [1.82, 2.24) is 9.80 Å². The van der Waals surface area contributed by atoms with Gasteiger partial charge in [-0.25, -0.2) is 0 Å². The molecule has 1 N–H and O–H groups in total. The van der Waals surface area contributed by atoms with Crippen LogP contribution < -0.4 is 0 Å². The summed E-state index contributed by atoms with van der Waals surface area (Å²) in [4.78, 5) is 16.4. The molecular weight excluding hydrogens is 330 g/mol. The van der Waals surface area contributed by atoms with E-state index in [-0.39, 0.29) is 31.0 Å². The van der Waals surface area contributed by atoms with Gasteiger partial charge in [0.05, 0.1) is 38.5 Å². The second-order valence-corrected chi connectivity index (χ2v) is 6.67. The van der Waals surface area contributed by atoms with Crippen LogP contribution >= 0.6 is 0 Å². The van der Waals surface area contributed by atoms with Gasteiger partial charge in [0.2, 0.25) is 5.91 Å². The second kappa shape index (κ2) is 8.45. The van der Waals surface area contributed by atoms with Crippen molar-refractivity contribution >= 4 is 12.0 Å². The van der Waals surface area contributed by atoms with Gasteiger partial charge in [-0.1, -0.05) is 36.4 Å². The van der Waals surface area contributed by atoms with Crippen LogP contribution in [0.3, 0.4) is 0 Å². The predicted molar refractivity (Wildman–Crippen MR) is 98.3 cm³/mol. The number of likely N-dealkylation sites (tertiary alicyclic amines) is 1. The van der Waals surface area contributed by atoms with Crippen molar-refractivity contribution in [2.75, 3.05) is 39.5 Å². The molecule has 2 aliphatic rings. The number of hydrogen-bond acceptors (Lipinski definition) is 5. The van der Waals surface area contributed by atoms with E-state index in [1.165, 1.54) is 0 Å². The number of benzene rings is 1. The number of rotatable bonds is 5. The molecule has 0 saturated carbocycles. The Labute approximate surface area is 154 Å². The molecule has 0 bridgehead atoms. The van der Waals surface area contributed by atoms with Crippen molar-refractivity contribution in [2.45, 2.75) is 24.9 Å². The van der Waals surface area contributed by atoms with Crippen molar-refractivity contribution in [3.63, 3.8) is 0 Å². The summed E-state index contributed by atoms with van der Waals surface area (Å²) in [5.41, 5.74) is 2.03. The summed E-state index contributed by atoms with van der Waals surface area (Å²) < 4.78 is 5.31. The summed E-state index contributed by atoms with van der Waals surface area (Å²) in [6.07, 6.45) is 3.95. The molecule has 138 valence electrons. The minimum Gasteiger partial charge on any atom is -0.394 e. The molecule has 2 saturated heterocycles. The van der Waals surface area contributed by atoms with E-state index in [0.29, 0.717) is 26.3 Å². The SMILES string of the molecule is C/C=C/c1ccccc1[C@@H]1[C@@H](CO)N(C(=O)CN2CCOCC2)[C@H]1C#N. The first-order valence-corrected chi connectivity index (χ1v) is 9.04. The normalized spacial score (nSPS) is 26.5. The third-order valence-electron chi connectivity index (χ3n) is 5.18. The number of ether oxygens (including phenoxy) is 1. The molecule has 1 aromatic carbocycles. The maximum atomic E-state index is 12.8. The lowest BCUT2D eigenvalue weighted by atomic mass is 9.74. The van der Waals surface area contributed by atoms with Crippen molar-refractivity contribution in [3.05, 3.63) is 41.5 Å². The zero-order valence-corrected chi connectivity index (χ0v) is 15.0. The largest absolute Gasteiger partial charge is 0.394 e. The highest BCUT2D eigenvalue weighted by atomic mass is 16.5. The first-order valence-electron chi connectivity index (χ1n) is 9.04. The summed E-state index contributed by atoms with van der Waals surface area (Å²) in [5.74, 6) is -0.275. The molecule has 0 aromatic heterocycles. The van der Waals surface area contributed by atoms with Gasteiger partial charge in [0.1, 0.15) is 6.04 Å². The number of morpholine rings is 1. The molecule has 0 radical (unpaired) electrons. The number of carbonyl (C=O) groups excluding carboxylic acids is 1. The van der Waals surface area contributed by atoms with E-state index in [1.54, 1.807) is 4.90 Å². The Hall–Kier alpha value is -2.20. The van der Waals surface area contributed by atoms with Gasteiger partial charge in [0, 0.05) is 19.0 Å². The van der Waals surface area contributed by atoms with Crippen LogP contribution in [0.5, 0.6) is 0 Å². The molecular formula is C20H25N3O3. The molecule has 0 aliphatic carbocycles. The van der Waals surface area contributed by atoms with Crippen molar-refractivity contribution in [2.24, 2.45) is 0 Å². The van der Waals surface area contributed by atoms with Gasteiger partial charge < -0.3 is 14.7 Å². The number of aliphatic hydroxyl groups excluding tert-OH is 1. The molecule has 0 unspecified atom stereocenters. The molecule has 26 heavy (non-hydrogen) atoms. The first kappa shape index (κ1) is 18.6. The van der Waals surface area contributed by atoms with Crippen LogP contribution in [0.25, 0.3) is 6.08 Å². The molecule has 0 spiro atoms. The van der Waals surface area contributed by atoms with Crippen LogP contribution in [0.15, 0.2) is 30.3 Å². The fraction of sp³-hybridized carbons (Fsp3) is 0.500. The molecule has 2 heterocycles. The molecule has 1 amide bonds. The topological polar surface area (TPSA) is 76.8 Å². The minimum absolute atomic E-state index is 0.0998. The number of hydrogen-bond donors (Lipinski definition) is 1. The monoisotopic (exact) mass is 355 g/mol. The van der Waals surface area contributed by atoms with Crippen LogP contribution in [0.4, 0.5) is 0 Å². The van der Waals surface area contributed by atoms with Gasteiger partial charge in [0.25, 0.3) is 0 Å². The van der Waals surface area contributed by atoms with Crippen LogP contribution in [-0.4, -0.2) is 72.4 Å². The van der Waals surface area contributed by atoms with Gasteiger partial charge in [0.15, 0.2) is 0 Å². The highest BCUT2D eigenvalue weighted by Crippen LogP contribution is 2.42. The van der Waals surface area contributed by atoms with Gasteiger partial charge in [-0.15, -0.1) is 0 Å². The number of allylic oxidation sites excluding steroid dienone is 1. The molecule has 3 atom stereocenters. The lowest BCUT2D eigenvalue weighted by molar-refractivity contribution is -0.149. The molecule has 6 nitrogen and oxygen atoms in total. The quantitative estimate of drug-likeness (QED) is 0.860. The van der Waals surface area contributed by atoms with Crippen molar-refractivity contribution in [3.8, 4) is 6.07 Å². The highest BCUT2D eigenvalue weighted by Gasteiger charge is 2.52. The molecule has 2 aliphatic heterocycles. The number of nitrogens with zero attached hydrogens (tertiary/aromatic N) is 3. The maximum Gasteiger partial charge on any atom is 0.238 e. The number of nitriles is 1. The van der Waals surface area contributed by atoms with E-state index in [1.807, 2.05) is 48.2 Å². The van der Waals surface area contributed by atoms with Crippen molar-refractivity contribution < 1.29 is 14.6 Å². The maximum absolute atomic E-state index is 12.8. The number of carbonyl (C=O) groups is 1. The Balaban J connectivity index is 1.80. The summed E-state index contributed by atoms with van der Waals surface area (Å²) in [6.45, 7) is 4.74. The van der Waals surface area contributed by atoms with Gasteiger partial charge >= 0.3 is 0 Å². The van der Waals surface area contributed by atoms with Crippen LogP contribution in [0.1, 0.15) is 24.0 Å². The number of aliphatic hydroxyl groups is 1. The van der Waals surface area contributed by atoms with E-state index >= 15 is 0 Å². The Kier molecular flexibility index (Phi) is 6.04. The third kappa shape index (κ3) is 3.51. The molecule has 6 heteroatoms. The van der Waals surface area contributed by atoms with Gasteiger partial charge in [-0.3, -0.25) is 9.69 Å². The summed E-state index contributed by atoms with van der Waals surface area (Å²) in [7, 11) is 0. The zero-order valence-electron chi connectivity index (χ0n) is 15.0. The second-order valence-electron chi connectivity index (χ2n) is 6.67. The predicted octanol–water partition coefficient (Wildman–Crippen LogP) is 1.23. The first-order chi connectivity index (χ1) is 12.7. The molecule has 3 rings (SSSR count). The molecule has 1 aromatic rings. The zero-order chi connectivity index (χ0) is 18.5. The van der Waals surface area contributed by atoms with E-state index in [2.05, 4.69) is 6.07 Å². The average Bonchev–Trinajstić information content (AvgIpc) is 2.64. The van der Waals surface area contributed by atoms with E-state index in [0.717, 1.165) is 11.1 Å². The smallest absolute Gasteiger partial charge is 0.238 e. The van der Waals surface area contributed by atoms with Crippen LogP contribution in [0, 0.1) is 11.3 Å². The summed E-state index contributed by atoms with van der Waals surface area (Å²) in [6, 6.07) is 9.23. The van der Waals surface area contributed by atoms with E-state index < -0.39 is 6.04 Å². The highest BCUT2D eigenvalue weighted by molar-refractivity contribution is 5.81. The minimum atomic E-state index is -0.549. The lowest BCUT2D eigenvalue weighted by Gasteiger charge is -2.52. The third-order valence-corrected chi connectivity index (χ3v) is 5.18. The van der Waals surface area contributed by atoms with Crippen molar-refractivity contribution in [1.29, 1.82) is 5.26 Å². The van der Waals surface area contributed by atoms with Gasteiger partial charge in [-0.2, -0.15) is 5.26 Å². The Bertz CT molecular complexity index is 706. The fourth-order valence-electron chi connectivity index (χ4n) is 3.90. The van der Waals surface area contributed by atoms with Crippen LogP contribution in [0.2, 0.25) is 0 Å². The summed E-state index contributed by atoms with van der Waals surface area (Å²) in [5, 5.41) is 19.6. The summed E-state index contributed by atoms with van der Waals surface area (Å²) >= 11 is 0. The average molecular weight is 355 g/mol. The Morgan fingerprint density at radius 3 is 2.77 bits per heavy atom. The fourth-order valence-corrected chi connectivity index (χ4v) is 3.90. The standard InChI is InChI=1S/C20H25N3O3/c1-2-5-15-6-3-4-7-16(15)20-17(12-21)23(18(20)14-24)19(25)13-22-8-10-26-11-9-22/h2-7,17-18,20,24H,8-11,13-14H2,1H3/b5-2+/t17-,18+,20-/m0/s1. The van der Waals surface area contributed by atoms with E-state index in [9.17, 15) is 15.2 Å². The van der Waals surface area contributed by atoms with Crippen LogP contribution in [-0.2, 0) is 9.53 Å². The Morgan fingerprint density at radius 1 is 1.38 bits per heavy atom. The lowest BCUT2D eigenvalue weighted by Crippen LogP contribution is -2.66. The Morgan fingerprint density at radius 2 is 2.12 bits per heavy atom. The molecule has 2 fully saturated rings. The number of amides is 1. The van der Waals surface area contributed by atoms with Gasteiger partial charge in [-0.05, 0) is 18.1 Å². The van der Waals surface area contributed by atoms with E-state index in [4.69, 9.17) is 4.74 Å².